The van der Waals surface area contributed by atoms with Crippen molar-refractivity contribution in [3.8, 4) is 0 Å². The largest absolute Gasteiger partial charge is 0.470 e. The highest BCUT2D eigenvalue weighted by atomic mass is 32.2. The molecule has 0 amide bonds. The molecule has 94 valence electrons. The minimum atomic E-state index is 0.128. The van der Waals surface area contributed by atoms with Gasteiger partial charge in [-0.3, -0.25) is 5.43 Å². The average Bonchev–Trinajstić information content (AvgIpc) is 2.79. The number of fused-ring (bicyclic) bond motifs is 1. The molecule has 0 saturated heterocycles. The fourth-order valence-corrected chi connectivity index (χ4v) is 2.50. The first-order valence-corrected chi connectivity index (χ1v) is 6.33. The zero-order valence-corrected chi connectivity index (χ0v) is 10.7. The number of rotatable bonds is 3. The minimum Gasteiger partial charge on any atom is -0.470 e. The highest BCUT2D eigenvalue weighted by Gasteiger charge is 2.25. The molecule has 0 fully saturated rings. The van der Waals surface area contributed by atoms with Crippen molar-refractivity contribution < 1.29 is 8.62 Å². The third-order valence-electron chi connectivity index (χ3n) is 2.87. The van der Waals surface area contributed by atoms with E-state index in [2.05, 4.69) is 10.5 Å². The van der Waals surface area contributed by atoms with Gasteiger partial charge < -0.3 is 4.74 Å². The normalized spacial score (nSPS) is 18.6. The highest BCUT2D eigenvalue weighted by Crippen LogP contribution is 2.33. The molecule has 5 nitrogen and oxygen atoms in total. The molecule has 0 aliphatic heterocycles. The fraction of sp³-hybridized carbons (Fsp3) is 0.556. The van der Waals surface area contributed by atoms with E-state index in [1.807, 2.05) is 0 Å². The highest BCUT2D eigenvalue weighted by molar-refractivity contribution is 7.92. The fourth-order valence-electron chi connectivity index (χ4n) is 2.07. The number of hydrogen-bond donors (Lipinski definition) is 2. The Balaban J connectivity index is 2.07. The van der Waals surface area contributed by atoms with Crippen molar-refractivity contribution in [3.05, 3.63) is 17.5 Å². The summed E-state index contributed by atoms with van der Waals surface area (Å²) >= 11 is 4.93. The summed E-state index contributed by atoms with van der Waals surface area (Å²) in [6, 6.07) is 0. The maximum absolute atomic E-state index is 12.6. The van der Waals surface area contributed by atoms with Crippen LogP contribution >= 0.6 is 24.6 Å². The van der Waals surface area contributed by atoms with Crippen LogP contribution in [0.5, 0.6) is 0 Å². The second-order valence-corrected chi connectivity index (χ2v) is 4.68. The Bertz CT molecular complexity index is 412. The summed E-state index contributed by atoms with van der Waals surface area (Å²) in [6.45, 7) is 0.443. The van der Waals surface area contributed by atoms with Crippen LogP contribution in [0.4, 0.5) is 3.89 Å². The van der Waals surface area contributed by atoms with E-state index in [1.165, 1.54) is 4.09 Å². The number of nitrogens with zero attached hydrogens (tertiary/aromatic N) is 2. The van der Waals surface area contributed by atoms with E-state index in [4.69, 9.17) is 22.8 Å². The van der Waals surface area contributed by atoms with Crippen molar-refractivity contribution in [2.75, 3.05) is 6.61 Å². The molecule has 17 heavy (non-hydrogen) atoms. The summed E-state index contributed by atoms with van der Waals surface area (Å²) in [5.41, 5.74) is 4.25. The van der Waals surface area contributed by atoms with Gasteiger partial charge in [0.15, 0.2) is 12.3 Å². The number of halogens is 1. The minimum absolute atomic E-state index is 0.128. The molecule has 1 unspecified atom stereocenters. The summed E-state index contributed by atoms with van der Waals surface area (Å²) in [5.74, 6) is 5.32. The monoisotopic (exact) mass is 276 g/mol. The maximum Gasteiger partial charge on any atom is 0.271 e. The maximum atomic E-state index is 12.6. The number of hydrogen-bond acceptors (Lipinski definition) is 5. The molecule has 0 aromatic carbocycles. The van der Waals surface area contributed by atoms with Crippen LogP contribution in [0.2, 0.25) is 0 Å². The summed E-state index contributed by atoms with van der Waals surface area (Å²) in [4.78, 5) is 0. The van der Waals surface area contributed by atoms with Crippen LogP contribution in [-0.4, -0.2) is 21.0 Å². The number of nitrogens with two attached hydrogens (primary N) is 1. The van der Waals surface area contributed by atoms with Gasteiger partial charge in [0.2, 0.25) is 0 Å². The van der Waals surface area contributed by atoms with Crippen molar-refractivity contribution in [2.24, 2.45) is 5.84 Å². The molecule has 0 bridgehead atoms. The molecular formula is C9H13FN4OS2. The predicted octanol–water partition coefficient (Wildman–Crippen LogP) is 1.45. The van der Waals surface area contributed by atoms with E-state index in [0.717, 1.165) is 30.5 Å². The molecule has 0 radical (unpaired) electrons. The van der Waals surface area contributed by atoms with Gasteiger partial charge in [-0.15, -0.1) is 3.89 Å². The van der Waals surface area contributed by atoms with Crippen molar-refractivity contribution in [1.29, 1.82) is 0 Å². The Morgan fingerprint density at radius 1 is 1.82 bits per heavy atom. The lowest BCUT2D eigenvalue weighted by Gasteiger charge is -2.22. The Morgan fingerprint density at radius 3 is 3.35 bits per heavy atom. The third-order valence-corrected chi connectivity index (χ3v) is 3.55. The van der Waals surface area contributed by atoms with Crippen LogP contribution in [-0.2, 0) is 11.2 Å². The van der Waals surface area contributed by atoms with E-state index in [1.54, 1.807) is 6.20 Å². The first-order valence-electron chi connectivity index (χ1n) is 5.25. The molecule has 0 spiro atoms. The summed E-state index contributed by atoms with van der Waals surface area (Å²) in [6.07, 6.45) is 4.54. The van der Waals surface area contributed by atoms with Crippen LogP contribution in [0.25, 0.3) is 0 Å². The molecule has 2 rings (SSSR count). The molecule has 1 aliphatic rings. The van der Waals surface area contributed by atoms with Gasteiger partial charge in [-0.05, 0) is 31.5 Å². The van der Waals surface area contributed by atoms with E-state index in [9.17, 15) is 3.89 Å². The van der Waals surface area contributed by atoms with Crippen LogP contribution in [0, 0.1) is 0 Å². The molecule has 1 aromatic rings. The molecular weight excluding hydrogens is 263 g/mol. The SMILES string of the molecule is NNC(=S)OCC1CCCc2c1cnn2SF. The van der Waals surface area contributed by atoms with E-state index < -0.39 is 0 Å². The quantitative estimate of drug-likeness (QED) is 0.495. The average molecular weight is 276 g/mol. The van der Waals surface area contributed by atoms with E-state index in [0.29, 0.717) is 6.61 Å². The molecule has 1 heterocycles. The molecule has 1 aromatic heterocycles. The molecule has 1 aliphatic carbocycles. The van der Waals surface area contributed by atoms with E-state index >= 15 is 0 Å². The van der Waals surface area contributed by atoms with Crippen LogP contribution in [0.1, 0.15) is 30.0 Å². The lowest BCUT2D eigenvalue weighted by Crippen LogP contribution is -2.31. The number of hydrazine groups is 1. The number of aromatic nitrogens is 2. The summed E-state index contributed by atoms with van der Waals surface area (Å²) < 4.78 is 19.2. The molecule has 0 saturated carbocycles. The van der Waals surface area contributed by atoms with Crippen molar-refractivity contribution in [1.82, 2.24) is 14.6 Å². The Kier molecular flexibility index (Phi) is 4.19. The predicted molar refractivity (Wildman–Crippen MR) is 67.9 cm³/mol. The second kappa shape index (κ2) is 5.65. The van der Waals surface area contributed by atoms with Gasteiger partial charge in [0, 0.05) is 11.5 Å². The van der Waals surface area contributed by atoms with Crippen LogP contribution in [0.15, 0.2) is 6.20 Å². The summed E-state index contributed by atoms with van der Waals surface area (Å²) in [7, 11) is 0. The third kappa shape index (κ3) is 2.70. The second-order valence-electron chi connectivity index (χ2n) is 3.82. The Hall–Kier alpha value is -0.860. The van der Waals surface area contributed by atoms with Crippen molar-refractivity contribution >= 4 is 29.7 Å². The topological polar surface area (TPSA) is 65.1 Å². The molecule has 1 atom stereocenters. The van der Waals surface area contributed by atoms with Crippen LogP contribution < -0.4 is 11.3 Å². The molecule has 3 N–H and O–H groups in total. The lowest BCUT2D eigenvalue weighted by atomic mass is 9.88. The van der Waals surface area contributed by atoms with Crippen molar-refractivity contribution in [2.45, 2.75) is 25.2 Å². The zero-order valence-electron chi connectivity index (χ0n) is 9.06. The number of thiocarbonyl (C=S) groups is 1. The molecule has 8 heteroatoms. The van der Waals surface area contributed by atoms with Gasteiger partial charge in [0.05, 0.1) is 18.5 Å². The zero-order chi connectivity index (χ0) is 12.3. The van der Waals surface area contributed by atoms with Crippen LogP contribution in [0.3, 0.4) is 0 Å². The first-order chi connectivity index (χ1) is 8.26. The van der Waals surface area contributed by atoms with Crippen molar-refractivity contribution in [3.63, 3.8) is 0 Å². The van der Waals surface area contributed by atoms with Gasteiger partial charge >= 0.3 is 0 Å². The standard InChI is InChI=1S/C9H13FN4OS2/c10-17-14-8-3-1-2-6(7(8)4-12-14)5-15-9(16)13-11/h4,6H,1-3,5,11H2,(H,13,16). The lowest BCUT2D eigenvalue weighted by molar-refractivity contribution is 0.258. The first kappa shape index (κ1) is 12.6. The Labute approximate surface area is 108 Å². The van der Waals surface area contributed by atoms with Gasteiger partial charge in [-0.25, -0.2) is 5.84 Å². The number of nitrogens with one attached hydrogen (secondary N) is 1. The smallest absolute Gasteiger partial charge is 0.271 e. The van der Waals surface area contributed by atoms with Gasteiger partial charge in [-0.2, -0.15) is 9.19 Å². The van der Waals surface area contributed by atoms with E-state index in [-0.39, 0.29) is 23.4 Å². The summed E-state index contributed by atoms with van der Waals surface area (Å²) in [5, 5.41) is 4.16. The van der Waals surface area contributed by atoms with Gasteiger partial charge in [-0.1, -0.05) is 0 Å². The van der Waals surface area contributed by atoms with Gasteiger partial charge in [0.25, 0.3) is 5.17 Å². The Morgan fingerprint density at radius 2 is 2.65 bits per heavy atom. The van der Waals surface area contributed by atoms with Gasteiger partial charge in [0.1, 0.15) is 0 Å². The number of ether oxygens (including phenoxy) is 1.